The van der Waals surface area contributed by atoms with Crippen LogP contribution in [-0.2, 0) is 9.84 Å². The second-order valence-electron chi connectivity index (χ2n) is 5.68. The van der Waals surface area contributed by atoms with Crippen LogP contribution in [-0.4, -0.2) is 39.7 Å². The molecule has 1 aliphatic rings. The maximum Gasteiger partial charge on any atom is 0.269 e. The monoisotopic (exact) mass is 410 g/mol. The fourth-order valence-electron chi connectivity index (χ4n) is 2.37. The molecule has 10 heteroatoms. The highest BCUT2D eigenvalue weighted by Crippen LogP contribution is 2.30. The number of ether oxygens (including phenoxy) is 2. The van der Waals surface area contributed by atoms with Gasteiger partial charge in [0.25, 0.3) is 11.8 Å². The molecule has 142 valence electrons. The van der Waals surface area contributed by atoms with Crippen molar-refractivity contribution in [1.82, 2.24) is 10.9 Å². The molecule has 0 atom stereocenters. The lowest BCUT2D eigenvalue weighted by Gasteiger charge is -2.18. The third-order valence-electron chi connectivity index (χ3n) is 3.69. The van der Waals surface area contributed by atoms with Crippen LogP contribution < -0.4 is 20.3 Å². The van der Waals surface area contributed by atoms with E-state index in [4.69, 9.17) is 21.1 Å². The topological polar surface area (TPSA) is 111 Å². The number of halogens is 1. The van der Waals surface area contributed by atoms with Gasteiger partial charge in [-0.1, -0.05) is 11.6 Å². The minimum absolute atomic E-state index is 0.00867. The van der Waals surface area contributed by atoms with Crippen LogP contribution >= 0.6 is 11.6 Å². The molecule has 2 N–H and O–H groups in total. The van der Waals surface area contributed by atoms with Gasteiger partial charge in [-0.15, -0.1) is 0 Å². The second-order valence-corrected chi connectivity index (χ2v) is 8.08. The van der Waals surface area contributed by atoms with Gasteiger partial charge in [0.2, 0.25) is 0 Å². The summed E-state index contributed by atoms with van der Waals surface area (Å²) in [7, 11) is -3.60. The molecule has 27 heavy (non-hydrogen) atoms. The molecule has 0 unspecified atom stereocenters. The van der Waals surface area contributed by atoms with Crippen molar-refractivity contribution in [3.8, 4) is 11.5 Å². The molecule has 0 fully saturated rings. The van der Waals surface area contributed by atoms with Crippen molar-refractivity contribution >= 4 is 33.3 Å². The smallest absolute Gasteiger partial charge is 0.269 e. The summed E-state index contributed by atoms with van der Waals surface area (Å²) in [6, 6.07) is 8.42. The summed E-state index contributed by atoms with van der Waals surface area (Å²) in [5.41, 5.74) is 4.77. The van der Waals surface area contributed by atoms with Gasteiger partial charge < -0.3 is 9.47 Å². The lowest BCUT2D eigenvalue weighted by atomic mass is 10.2. The molecule has 2 aromatic carbocycles. The number of amides is 2. The van der Waals surface area contributed by atoms with Crippen LogP contribution in [0.15, 0.2) is 41.3 Å². The van der Waals surface area contributed by atoms with E-state index in [1.807, 2.05) is 0 Å². The number of hydrogen-bond donors (Lipinski definition) is 2. The molecule has 1 aliphatic heterocycles. The van der Waals surface area contributed by atoms with Crippen LogP contribution in [0.1, 0.15) is 20.7 Å². The van der Waals surface area contributed by atoms with Gasteiger partial charge >= 0.3 is 0 Å². The van der Waals surface area contributed by atoms with Gasteiger partial charge in [0.15, 0.2) is 21.3 Å². The third kappa shape index (κ3) is 4.32. The number of fused-ring (bicyclic) bond motifs is 1. The molecule has 0 spiro atoms. The number of nitrogens with one attached hydrogen (secondary N) is 2. The maximum absolute atomic E-state index is 12.2. The van der Waals surface area contributed by atoms with E-state index in [1.54, 1.807) is 6.07 Å². The Morgan fingerprint density at radius 3 is 2.11 bits per heavy atom. The van der Waals surface area contributed by atoms with E-state index >= 15 is 0 Å². The molecule has 0 saturated heterocycles. The Balaban J connectivity index is 1.70. The fourth-order valence-corrected chi connectivity index (χ4v) is 3.67. The zero-order valence-corrected chi connectivity index (χ0v) is 15.7. The average Bonchev–Trinajstić information content (AvgIpc) is 2.64. The summed E-state index contributed by atoms with van der Waals surface area (Å²) in [5.74, 6) is -0.285. The Labute approximate surface area is 160 Å². The molecule has 0 saturated carbocycles. The molecule has 0 bridgehead atoms. The number of rotatable bonds is 3. The van der Waals surface area contributed by atoms with Gasteiger partial charge in [-0.2, -0.15) is 0 Å². The van der Waals surface area contributed by atoms with Gasteiger partial charge in [0.1, 0.15) is 13.2 Å². The molecule has 2 aromatic rings. The van der Waals surface area contributed by atoms with Crippen LogP contribution in [0, 0.1) is 0 Å². The van der Waals surface area contributed by atoms with Gasteiger partial charge in [-0.05, 0) is 36.4 Å². The van der Waals surface area contributed by atoms with Crippen molar-refractivity contribution in [2.24, 2.45) is 0 Å². The van der Waals surface area contributed by atoms with E-state index in [0.29, 0.717) is 24.7 Å². The molecule has 1 heterocycles. The Hall–Kier alpha value is -2.78. The van der Waals surface area contributed by atoms with Crippen molar-refractivity contribution in [2.45, 2.75) is 4.90 Å². The summed E-state index contributed by atoms with van der Waals surface area (Å²) < 4.78 is 34.2. The lowest BCUT2D eigenvalue weighted by molar-refractivity contribution is 0.0846. The van der Waals surface area contributed by atoms with Crippen molar-refractivity contribution in [1.29, 1.82) is 0 Å². The Kier molecular flexibility index (Phi) is 5.24. The second kappa shape index (κ2) is 7.45. The quantitative estimate of drug-likeness (QED) is 0.743. The standard InChI is InChI=1S/C17H15ClN2O6S/c1-27(23,24)15-9-11(2-4-12(15)18)17(22)20-19-16(21)10-3-5-13-14(8-10)26-7-6-25-13/h2-5,8-9H,6-7H2,1H3,(H,19,21)(H,20,22). The maximum atomic E-state index is 12.2. The normalized spacial score (nSPS) is 13.0. The summed E-state index contributed by atoms with van der Waals surface area (Å²) in [4.78, 5) is 24.2. The largest absolute Gasteiger partial charge is 0.486 e. The van der Waals surface area contributed by atoms with Gasteiger partial charge in [0.05, 0.1) is 9.92 Å². The number of carbonyl (C=O) groups excluding carboxylic acids is 2. The first kappa shape index (κ1) is 19.0. The highest BCUT2D eigenvalue weighted by atomic mass is 35.5. The Morgan fingerprint density at radius 2 is 1.48 bits per heavy atom. The molecular weight excluding hydrogens is 396 g/mol. The molecule has 0 aromatic heterocycles. The summed E-state index contributed by atoms with van der Waals surface area (Å²) in [6.45, 7) is 0.819. The number of hydrogen-bond acceptors (Lipinski definition) is 6. The SMILES string of the molecule is CS(=O)(=O)c1cc(C(=O)NNC(=O)c2ccc3c(c2)OCCO3)ccc1Cl. The van der Waals surface area contributed by atoms with Crippen LogP contribution in [0.2, 0.25) is 5.02 Å². The average molecular weight is 411 g/mol. The van der Waals surface area contributed by atoms with E-state index in [9.17, 15) is 18.0 Å². The Bertz CT molecular complexity index is 1020. The fraction of sp³-hybridized carbons (Fsp3) is 0.176. The molecule has 0 aliphatic carbocycles. The number of sulfone groups is 1. The first-order valence-electron chi connectivity index (χ1n) is 7.75. The predicted molar refractivity (Wildman–Crippen MR) is 96.9 cm³/mol. The molecule has 2 amide bonds. The van der Waals surface area contributed by atoms with Crippen molar-refractivity contribution < 1.29 is 27.5 Å². The predicted octanol–water partition coefficient (Wildman–Crippen LogP) is 1.59. The third-order valence-corrected chi connectivity index (χ3v) is 5.27. The number of carbonyl (C=O) groups is 2. The highest BCUT2D eigenvalue weighted by molar-refractivity contribution is 7.90. The molecule has 0 radical (unpaired) electrons. The summed E-state index contributed by atoms with van der Waals surface area (Å²) in [5, 5.41) is 0.00867. The Morgan fingerprint density at radius 1 is 0.926 bits per heavy atom. The number of benzene rings is 2. The minimum Gasteiger partial charge on any atom is -0.486 e. The number of hydrazine groups is 1. The van der Waals surface area contributed by atoms with Crippen LogP contribution in [0.3, 0.4) is 0 Å². The van der Waals surface area contributed by atoms with Crippen LogP contribution in [0.5, 0.6) is 11.5 Å². The highest BCUT2D eigenvalue weighted by Gasteiger charge is 2.18. The van der Waals surface area contributed by atoms with E-state index < -0.39 is 21.7 Å². The molecule has 3 rings (SSSR count). The summed E-state index contributed by atoms with van der Waals surface area (Å²) in [6.07, 6.45) is 0.986. The zero-order chi connectivity index (χ0) is 19.6. The zero-order valence-electron chi connectivity index (χ0n) is 14.1. The van der Waals surface area contributed by atoms with Crippen molar-refractivity contribution in [3.63, 3.8) is 0 Å². The van der Waals surface area contributed by atoms with Crippen LogP contribution in [0.25, 0.3) is 0 Å². The minimum atomic E-state index is -3.60. The van der Waals surface area contributed by atoms with Gasteiger partial charge in [0, 0.05) is 17.4 Å². The van der Waals surface area contributed by atoms with Crippen molar-refractivity contribution in [3.05, 3.63) is 52.5 Å². The van der Waals surface area contributed by atoms with E-state index in [0.717, 1.165) is 12.3 Å². The van der Waals surface area contributed by atoms with Gasteiger partial charge in [-0.3, -0.25) is 20.4 Å². The lowest BCUT2D eigenvalue weighted by Crippen LogP contribution is -2.41. The van der Waals surface area contributed by atoms with E-state index in [2.05, 4.69) is 10.9 Å². The van der Waals surface area contributed by atoms with Crippen LogP contribution in [0.4, 0.5) is 0 Å². The van der Waals surface area contributed by atoms with Crippen molar-refractivity contribution in [2.75, 3.05) is 19.5 Å². The van der Waals surface area contributed by atoms with Gasteiger partial charge in [-0.25, -0.2) is 8.42 Å². The van der Waals surface area contributed by atoms with E-state index in [-0.39, 0.29) is 21.0 Å². The molecule has 8 nitrogen and oxygen atoms in total. The first-order valence-corrected chi connectivity index (χ1v) is 10.0. The first-order chi connectivity index (χ1) is 12.8. The molecular formula is C17H15ClN2O6S. The van der Waals surface area contributed by atoms with E-state index in [1.165, 1.54) is 24.3 Å². The summed E-state index contributed by atoms with van der Waals surface area (Å²) >= 11 is 5.85.